The summed E-state index contributed by atoms with van der Waals surface area (Å²) >= 11 is 1.38. The van der Waals surface area contributed by atoms with Crippen molar-refractivity contribution in [3.05, 3.63) is 101 Å². The fourth-order valence-electron chi connectivity index (χ4n) is 2.46. The maximum atomic E-state index is 13.7. The Morgan fingerprint density at radius 3 is 2.50 bits per heavy atom. The Bertz CT molecular complexity index is 1060. The minimum atomic E-state index is -1.56. The Morgan fingerprint density at radius 2 is 1.70 bits per heavy atom. The van der Waals surface area contributed by atoms with E-state index in [9.17, 15) is 13.2 Å². The first-order valence-corrected chi connectivity index (χ1v) is 9.90. The van der Waals surface area contributed by atoms with Crippen molar-refractivity contribution in [1.82, 2.24) is 0 Å². The van der Waals surface area contributed by atoms with Crippen LogP contribution in [0.25, 0.3) is 0 Å². The van der Waals surface area contributed by atoms with Crippen LogP contribution in [0.15, 0.2) is 76.9 Å². The number of amidine groups is 1. The summed E-state index contributed by atoms with van der Waals surface area (Å²) in [6, 6.07) is 18.8. The number of hydrogen-bond donors (Lipinski definition) is 1. The summed E-state index contributed by atoms with van der Waals surface area (Å²) in [5.41, 5.74) is 8.41. The van der Waals surface area contributed by atoms with Crippen LogP contribution in [0.3, 0.4) is 0 Å². The fourth-order valence-corrected chi connectivity index (χ4v) is 3.07. The van der Waals surface area contributed by atoms with E-state index in [2.05, 4.69) is 10.2 Å². The van der Waals surface area contributed by atoms with Crippen molar-refractivity contribution in [3.8, 4) is 5.75 Å². The van der Waals surface area contributed by atoms with E-state index in [1.54, 1.807) is 24.3 Å². The summed E-state index contributed by atoms with van der Waals surface area (Å²) in [5.74, 6) is -3.85. The number of nitrogens with two attached hydrogens (primary N) is 1. The van der Waals surface area contributed by atoms with Crippen LogP contribution in [0.2, 0.25) is 0 Å². The lowest BCUT2D eigenvalue weighted by molar-refractivity contribution is 0.281. The SMILES string of the molecule is NC(=NN=Cc1cccc(COc2ccc(F)c(F)c2F)c1)SCc1ccccc1. The molecule has 0 unspecified atom stereocenters. The minimum absolute atomic E-state index is 0.0258. The molecule has 0 aliphatic carbocycles. The molecule has 3 rings (SSSR count). The Labute approximate surface area is 176 Å². The second kappa shape index (κ2) is 10.5. The van der Waals surface area contributed by atoms with Crippen molar-refractivity contribution in [2.45, 2.75) is 12.4 Å². The summed E-state index contributed by atoms with van der Waals surface area (Å²) in [5, 5.41) is 8.27. The molecule has 0 bridgehead atoms. The topological polar surface area (TPSA) is 60.0 Å². The highest BCUT2D eigenvalue weighted by Crippen LogP contribution is 2.22. The van der Waals surface area contributed by atoms with Gasteiger partial charge in [-0.15, -0.1) is 5.10 Å². The summed E-state index contributed by atoms with van der Waals surface area (Å²) in [6.07, 6.45) is 1.53. The monoisotopic (exact) mass is 429 g/mol. The highest BCUT2D eigenvalue weighted by molar-refractivity contribution is 8.13. The summed E-state index contributed by atoms with van der Waals surface area (Å²) in [7, 11) is 0. The van der Waals surface area contributed by atoms with Crippen molar-refractivity contribution in [3.63, 3.8) is 0 Å². The fraction of sp³-hybridized carbons (Fsp3) is 0.0909. The van der Waals surface area contributed by atoms with Crippen molar-refractivity contribution in [1.29, 1.82) is 0 Å². The highest BCUT2D eigenvalue weighted by Gasteiger charge is 2.14. The molecule has 4 nitrogen and oxygen atoms in total. The number of thioether (sulfide) groups is 1. The molecule has 0 atom stereocenters. The summed E-state index contributed by atoms with van der Waals surface area (Å²) in [6.45, 7) is -0.0258. The molecule has 3 aromatic rings. The van der Waals surface area contributed by atoms with Crippen LogP contribution < -0.4 is 10.5 Å². The molecule has 0 saturated heterocycles. The van der Waals surface area contributed by atoms with Crippen LogP contribution in [0.5, 0.6) is 5.75 Å². The molecule has 0 amide bonds. The van der Waals surface area contributed by atoms with Gasteiger partial charge in [0.25, 0.3) is 0 Å². The van der Waals surface area contributed by atoms with Crippen molar-refractivity contribution < 1.29 is 17.9 Å². The first-order chi connectivity index (χ1) is 14.5. The molecule has 3 aromatic carbocycles. The highest BCUT2D eigenvalue weighted by atomic mass is 32.2. The predicted molar refractivity (Wildman–Crippen MR) is 114 cm³/mol. The number of benzene rings is 3. The summed E-state index contributed by atoms with van der Waals surface area (Å²) < 4.78 is 45.2. The third kappa shape index (κ3) is 6.12. The maximum absolute atomic E-state index is 13.7. The molecule has 0 aromatic heterocycles. The Hall–Kier alpha value is -3.26. The van der Waals surface area contributed by atoms with Crippen LogP contribution in [0.1, 0.15) is 16.7 Å². The zero-order chi connectivity index (χ0) is 21.3. The molecule has 0 spiro atoms. The van der Waals surface area contributed by atoms with Gasteiger partial charge in [-0.1, -0.05) is 60.3 Å². The normalized spacial score (nSPS) is 11.8. The Morgan fingerprint density at radius 1 is 0.933 bits per heavy atom. The maximum Gasteiger partial charge on any atom is 0.203 e. The second-order valence-electron chi connectivity index (χ2n) is 6.16. The van der Waals surface area contributed by atoms with E-state index >= 15 is 0 Å². The van der Waals surface area contributed by atoms with Crippen LogP contribution in [0, 0.1) is 17.5 Å². The van der Waals surface area contributed by atoms with E-state index in [-0.39, 0.29) is 12.4 Å². The molecule has 0 heterocycles. The van der Waals surface area contributed by atoms with Gasteiger partial charge in [0.1, 0.15) is 6.61 Å². The van der Waals surface area contributed by atoms with E-state index in [1.165, 1.54) is 18.0 Å². The molecule has 0 aliphatic rings. The van der Waals surface area contributed by atoms with Crippen LogP contribution in [-0.2, 0) is 12.4 Å². The first kappa shape index (κ1) is 21.4. The van der Waals surface area contributed by atoms with Crippen molar-refractivity contribution in [2.24, 2.45) is 15.9 Å². The van der Waals surface area contributed by atoms with Crippen molar-refractivity contribution in [2.75, 3.05) is 0 Å². The largest absolute Gasteiger partial charge is 0.486 e. The van der Waals surface area contributed by atoms with Gasteiger partial charge in [0.2, 0.25) is 5.82 Å². The standard InChI is InChI=1S/C22H18F3N3OS/c23-18-9-10-19(21(25)20(18)24)29-13-17-8-4-7-16(11-17)12-27-28-22(26)30-14-15-5-2-1-3-6-15/h1-12H,13-14H2,(H2,26,28). The Kier molecular flexibility index (Phi) is 7.51. The molecule has 0 fully saturated rings. The zero-order valence-corrected chi connectivity index (χ0v) is 16.6. The van der Waals surface area contributed by atoms with Crippen LogP contribution >= 0.6 is 11.8 Å². The van der Waals surface area contributed by atoms with Crippen molar-refractivity contribution >= 4 is 23.1 Å². The van der Waals surface area contributed by atoms with E-state index < -0.39 is 17.5 Å². The average molecular weight is 429 g/mol. The van der Waals surface area contributed by atoms with E-state index in [0.29, 0.717) is 16.5 Å². The number of rotatable bonds is 7. The minimum Gasteiger partial charge on any atom is -0.486 e. The van der Waals surface area contributed by atoms with Gasteiger partial charge >= 0.3 is 0 Å². The molecule has 154 valence electrons. The molecular formula is C22H18F3N3OS. The summed E-state index contributed by atoms with van der Waals surface area (Å²) in [4.78, 5) is 0. The molecule has 0 saturated carbocycles. The average Bonchev–Trinajstić information content (AvgIpc) is 2.77. The van der Waals surface area contributed by atoms with E-state index in [4.69, 9.17) is 10.5 Å². The molecule has 8 heteroatoms. The number of hydrogen-bond acceptors (Lipinski definition) is 4. The second-order valence-corrected chi connectivity index (χ2v) is 7.16. The molecule has 30 heavy (non-hydrogen) atoms. The van der Waals surface area contributed by atoms with Crippen LogP contribution in [0.4, 0.5) is 13.2 Å². The quantitative estimate of drug-likeness (QED) is 0.241. The number of halogens is 3. The molecule has 0 radical (unpaired) electrons. The van der Waals surface area contributed by atoms with Gasteiger partial charge in [-0.3, -0.25) is 0 Å². The Balaban J connectivity index is 1.56. The van der Waals surface area contributed by atoms with E-state index in [1.807, 2.05) is 30.3 Å². The number of nitrogens with zero attached hydrogens (tertiary/aromatic N) is 2. The lowest BCUT2D eigenvalue weighted by atomic mass is 10.1. The van der Waals surface area contributed by atoms with Gasteiger partial charge in [0, 0.05) is 5.75 Å². The number of ether oxygens (including phenoxy) is 1. The van der Waals surface area contributed by atoms with Gasteiger partial charge < -0.3 is 10.5 Å². The van der Waals surface area contributed by atoms with Crippen LogP contribution in [-0.4, -0.2) is 11.4 Å². The third-order valence-corrected chi connectivity index (χ3v) is 4.79. The van der Waals surface area contributed by atoms with Gasteiger partial charge in [-0.05, 0) is 34.9 Å². The first-order valence-electron chi connectivity index (χ1n) is 8.91. The smallest absolute Gasteiger partial charge is 0.203 e. The molecular weight excluding hydrogens is 411 g/mol. The van der Waals surface area contributed by atoms with Gasteiger partial charge in [0.05, 0.1) is 6.21 Å². The lowest BCUT2D eigenvalue weighted by Crippen LogP contribution is -2.06. The molecule has 2 N–H and O–H groups in total. The van der Waals surface area contributed by atoms with E-state index in [0.717, 1.165) is 23.3 Å². The predicted octanol–water partition coefficient (Wildman–Crippen LogP) is 5.26. The molecule has 0 aliphatic heterocycles. The van der Waals surface area contributed by atoms with Gasteiger partial charge in [-0.2, -0.15) is 9.49 Å². The van der Waals surface area contributed by atoms with Gasteiger partial charge in [-0.25, -0.2) is 8.78 Å². The third-order valence-electron chi connectivity index (χ3n) is 3.94. The zero-order valence-electron chi connectivity index (χ0n) is 15.8. The lowest BCUT2D eigenvalue weighted by Gasteiger charge is -2.08. The van der Waals surface area contributed by atoms with Gasteiger partial charge in [0.15, 0.2) is 22.6 Å².